The molecule has 1 aromatic rings. The topological polar surface area (TPSA) is 69.4 Å². The van der Waals surface area contributed by atoms with Crippen molar-refractivity contribution in [2.24, 2.45) is 0 Å². The Balaban J connectivity index is 2.63. The molecule has 0 atom stereocenters. The van der Waals surface area contributed by atoms with Crippen LogP contribution in [0.3, 0.4) is 0 Å². The van der Waals surface area contributed by atoms with E-state index in [0.29, 0.717) is 11.4 Å². The Hall–Kier alpha value is -1.23. The first-order valence-electron chi connectivity index (χ1n) is 5.85. The van der Waals surface area contributed by atoms with E-state index in [1.165, 1.54) is 0 Å². The molecular weight excluding hydrogens is 250 g/mol. The lowest BCUT2D eigenvalue weighted by Crippen LogP contribution is -2.32. The number of aryl methyl sites for hydroxylation is 1. The van der Waals surface area contributed by atoms with Gasteiger partial charge in [0.25, 0.3) is 0 Å². The van der Waals surface area contributed by atoms with E-state index in [0.717, 1.165) is 5.56 Å². The quantitative estimate of drug-likeness (QED) is 0.852. The molecule has 0 saturated carbocycles. The lowest BCUT2D eigenvalue weighted by atomic mass is 10.2. The second-order valence-corrected chi connectivity index (χ2v) is 8.18. The minimum Gasteiger partial charge on any atom is -0.490 e. The Morgan fingerprint density at radius 1 is 1.28 bits per heavy atom. The first-order chi connectivity index (χ1) is 8.13. The van der Waals surface area contributed by atoms with E-state index in [2.05, 4.69) is 0 Å². The van der Waals surface area contributed by atoms with E-state index >= 15 is 0 Å². The van der Waals surface area contributed by atoms with Gasteiger partial charge in [0.2, 0.25) is 0 Å². The van der Waals surface area contributed by atoms with Gasteiger partial charge in [-0.3, -0.25) is 0 Å². The highest BCUT2D eigenvalue weighted by Crippen LogP contribution is 2.22. The summed E-state index contributed by atoms with van der Waals surface area (Å²) in [4.78, 5) is 0. The number of rotatable bonds is 4. The third-order valence-corrected chi connectivity index (χ3v) is 5.28. The molecule has 2 N–H and O–H groups in total. The molecule has 5 heteroatoms. The Morgan fingerprint density at radius 2 is 1.89 bits per heavy atom. The number of sulfone groups is 1. The van der Waals surface area contributed by atoms with Crippen molar-refractivity contribution in [3.05, 3.63) is 23.8 Å². The normalized spacial score (nSPS) is 12.4. The van der Waals surface area contributed by atoms with Crippen LogP contribution in [0.5, 0.6) is 5.75 Å². The van der Waals surface area contributed by atoms with Crippen LogP contribution in [0.2, 0.25) is 0 Å². The van der Waals surface area contributed by atoms with Gasteiger partial charge in [0, 0.05) is 0 Å². The summed E-state index contributed by atoms with van der Waals surface area (Å²) in [7, 11) is -3.15. The summed E-state index contributed by atoms with van der Waals surface area (Å²) in [6.45, 7) is 7.10. The molecule has 1 rings (SSSR count). The highest BCUT2D eigenvalue weighted by atomic mass is 32.2. The Kier molecular flexibility index (Phi) is 4.27. The second-order valence-electron chi connectivity index (χ2n) is 5.32. The SMILES string of the molecule is Cc1ccc(OCCS(=O)(=O)C(C)(C)C)c(N)c1. The Labute approximate surface area is 109 Å². The fraction of sp³-hybridized carbons (Fsp3) is 0.538. The van der Waals surface area contributed by atoms with E-state index in [4.69, 9.17) is 10.5 Å². The maximum absolute atomic E-state index is 11.9. The molecule has 0 saturated heterocycles. The van der Waals surface area contributed by atoms with Crippen molar-refractivity contribution in [1.29, 1.82) is 0 Å². The van der Waals surface area contributed by atoms with Crippen LogP contribution < -0.4 is 10.5 Å². The molecular formula is C13H21NO3S. The van der Waals surface area contributed by atoms with E-state index < -0.39 is 14.6 Å². The molecule has 0 amide bonds. The van der Waals surface area contributed by atoms with Gasteiger partial charge in [-0.05, 0) is 45.4 Å². The predicted molar refractivity (Wildman–Crippen MR) is 74.6 cm³/mol. The van der Waals surface area contributed by atoms with Gasteiger partial charge in [-0.1, -0.05) is 6.07 Å². The number of nitrogen functional groups attached to an aromatic ring is 1. The van der Waals surface area contributed by atoms with Crippen molar-refractivity contribution in [2.75, 3.05) is 18.1 Å². The number of hydrogen-bond donors (Lipinski definition) is 1. The summed E-state index contributed by atoms with van der Waals surface area (Å²) in [5, 5.41) is 0. The molecule has 0 aliphatic rings. The molecule has 0 aliphatic carbocycles. The zero-order valence-corrected chi connectivity index (χ0v) is 12.2. The zero-order chi connectivity index (χ0) is 14.0. The Morgan fingerprint density at radius 3 is 2.39 bits per heavy atom. The maximum Gasteiger partial charge on any atom is 0.158 e. The van der Waals surface area contributed by atoms with Crippen LogP contribution in [0, 0.1) is 6.92 Å². The second kappa shape index (κ2) is 5.18. The monoisotopic (exact) mass is 271 g/mol. The van der Waals surface area contributed by atoms with Gasteiger partial charge in [-0.2, -0.15) is 0 Å². The van der Waals surface area contributed by atoms with E-state index in [-0.39, 0.29) is 12.4 Å². The van der Waals surface area contributed by atoms with Gasteiger partial charge in [0.15, 0.2) is 9.84 Å². The van der Waals surface area contributed by atoms with Crippen molar-refractivity contribution in [1.82, 2.24) is 0 Å². The predicted octanol–water partition coefficient (Wildman–Crippen LogP) is 2.17. The van der Waals surface area contributed by atoms with E-state index in [9.17, 15) is 8.42 Å². The van der Waals surface area contributed by atoms with Gasteiger partial charge in [-0.15, -0.1) is 0 Å². The highest BCUT2D eigenvalue weighted by Gasteiger charge is 2.28. The smallest absolute Gasteiger partial charge is 0.158 e. The first-order valence-corrected chi connectivity index (χ1v) is 7.50. The van der Waals surface area contributed by atoms with Crippen molar-refractivity contribution < 1.29 is 13.2 Å². The van der Waals surface area contributed by atoms with Crippen LogP contribution in [0.4, 0.5) is 5.69 Å². The average molecular weight is 271 g/mol. The average Bonchev–Trinajstić information content (AvgIpc) is 2.19. The summed E-state index contributed by atoms with van der Waals surface area (Å²) in [6, 6.07) is 5.44. The lowest BCUT2D eigenvalue weighted by molar-refractivity contribution is 0.341. The van der Waals surface area contributed by atoms with Crippen LogP contribution in [0.15, 0.2) is 18.2 Å². The fourth-order valence-corrected chi connectivity index (χ4v) is 2.28. The Bertz CT molecular complexity index is 516. The molecule has 0 fully saturated rings. The van der Waals surface area contributed by atoms with E-state index in [1.807, 2.05) is 13.0 Å². The number of ether oxygens (including phenoxy) is 1. The molecule has 0 aliphatic heterocycles. The van der Waals surface area contributed by atoms with Crippen LogP contribution in [0.25, 0.3) is 0 Å². The molecule has 1 aromatic carbocycles. The molecule has 0 unspecified atom stereocenters. The maximum atomic E-state index is 11.9. The largest absolute Gasteiger partial charge is 0.490 e. The van der Waals surface area contributed by atoms with Crippen molar-refractivity contribution in [2.45, 2.75) is 32.4 Å². The van der Waals surface area contributed by atoms with Gasteiger partial charge >= 0.3 is 0 Å². The van der Waals surface area contributed by atoms with Gasteiger partial charge in [-0.25, -0.2) is 8.42 Å². The number of benzene rings is 1. The third kappa shape index (κ3) is 3.63. The minimum atomic E-state index is -3.15. The minimum absolute atomic E-state index is 0.0101. The fourth-order valence-electron chi connectivity index (χ4n) is 1.37. The summed E-state index contributed by atoms with van der Waals surface area (Å²) in [5.74, 6) is 0.522. The van der Waals surface area contributed by atoms with Crippen LogP contribution in [-0.4, -0.2) is 25.5 Å². The molecule has 0 bridgehead atoms. The summed E-state index contributed by atoms with van der Waals surface area (Å²) < 4.78 is 28.4. The lowest BCUT2D eigenvalue weighted by Gasteiger charge is -2.19. The molecule has 0 heterocycles. The summed E-state index contributed by atoms with van der Waals surface area (Å²) in [5.41, 5.74) is 7.36. The number of hydrogen-bond acceptors (Lipinski definition) is 4. The molecule has 0 spiro atoms. The molecule has 0 aromatic heterocycles. The molecule has 102 valence electrons. The highest BCUT2D eigenvalue weighted by molar-refractivity contribution is 7.92. The summed E-state index contributed by atoms with van der Waals surface area (Å²) >= 11 is 0. The van der Waals surface area contributed by atoms with Crippen molar-refractivity contribution in [3.8, 4) is 5.75 Å². The van der Waals surface area contributed by atoms with Gasteiger partial charge in [0.1, 0.15) is 12.4 Å². The van der Waals surface area contributed by atoms with E-state index in [1.54, 1.807) is 32.9 Å². The van der Waals surface area contributed by atoms with Crippen molar-refractivity contribution in [3.63, 3.8) is 0 Å². The van der Waals surface area contributed by atoms with Crippen LogP contribution >= 0.6 is 0 Å². The van der Waals surface area contributed by atoms with Crippen LogP contribution in [-0.2, 0) is 9.84 Å². The number of nitrogens with two attached hydrogens (primary N) is 1. The standard InChI is InChI=1S/C13H21NO3S/c1-10-5-6-12(11(14)9-10)17-7-8-18(15,16)13(2,3)4/h5-6,9H,7-8,14H2,1-4H3. The van der Waals surface area contributed by atoms with Crippen LogP contribution in [0.1, 0.15) is 26.3 Å². The third-order valence-electron chi connectivity index (χ3n) is 2.71. The van der Waals surface area contributed by atoms with Gasteiger partial charge < -0.3 is 10.5 Å². The molecule has 4 nitrogen and oxygen atoms in total. The summed E-state index contributed by atoms with van der Waals surface area (Å²) in [6.07, 6.45) is 0. The van der Waals surface area contributed by atoms with Gasteiger partial charge in [0.05, 0.1) is 16.2 Å². The first kappa shape index (κ1) is 14.8. The molecule has 0 radical (unpaired) electrons. The van der Waals surface area contributed by atoms with Crippen molar-refractivity contribution >= 4 is 15.5 Å². The number of anilines is 1. The zero-order valence-electron chi connectivity index (χ0n) is 11.4. The molecule has 18 heavy (non-hydrogen) atoms.